The lowest BCUT2D eigenvalue weighted by atomic mass is 10.0. The van der Waals surface area contributed by atoms with E-state index in [-0.39, 0.29) is 25.0 Å². The number of methoxy groups -OCH3 is 1. The Morgan fingerprint density at radius 2 is 2.18 bits per heavy atom. The number of nitrogens with zero attached hydrogens (tertiary/aromatic N) is 2. The summed E-state index contributed by atoms with van der Waals surface area (Å²) in [5, 5.41) is 0. The summed E-state index contributed by atoms with van der Waals surface area (Å²) in [5.41, 5.74) is 6.24. The molecule has 120 valence electrons. The molecule has 6 nitrogen and oxygen atoms in total. The van der Waals surface area contributed by atoms with Gasteiger partial charge in [0, 0.05) is 6.54 Å². The van der Waals surface area contributed by atoms with Gasteiger partial charge >= 0.3 is 0 Å². The van der Waals surface area contributed by atoms with Crippen LogP contribution in [0.1, 0.15) is 24.4 Å². The molecule has 0 saturated carbocycles. The summed E-state index contributed by atoms with van der Waals surface area (Å²) in [6, 6.07) is 7.90. The molecule has 0 spiro atoms. The predicted octanol–water partition coefficient (Wildman–Crippen LogP) is 0.776. The standard InChI is InChI=1S/C16H23N3O3/c1-18(10-15(17)20)11-16(21)19-8-4-7-14(19)12-5-3-6-13(9-12)22-2/h3,5-6,9,14H,4,7-8,10-11H2,1-2H3,(H2,17,20). The Labute approximate surface area is 130 Å². The monoisotopic (exact) mass is 305 g/mol. The van der Waals surface area contributed by atoms with Gasteiger partial charge in [0.25, 0.3) is 0 Å². The Kier molecular flexibility index (Phi) is 5.38. The quantitative estimate of drug-likeness (QED) is 0.842. The smallest absolute Gasteiger partial charge is 0.237 e. The van der Waals surface area contributed by atoms with Crippen LogP contribution in [0.4, 0.5) is 0 Å². The van der Waals surface area contributed by atoms with E-state index < -0.39 is 5.91 Å². The normalized spacial score (nSPS) is 17.8. The zero-order valence-corrected chi connectivity index (χ0v) is 13.1. The number of hydrogen-bond acceptors (Lipinski definition) is 4. The van der Waals surface area contributed by atoms with Crippen molar-refractivity contribution in [2.24, 2.45) is 5.73 Å². The molecule has 22 heavy (non-hydrogen) atoms. The summed E-state index contributed by atoms with van der Waals surface area (Å²) in [5.74, 6) is 0.387. The number of ether oxygens (including phenoxy) is 1. The Bertz CT molecular complexity index is 547. The van der Waals surface area contributed by atoms with E-state index in [0.29, 0.717) is 0 Å². The summed E-state index contributed by atoms with van der Waals surface area (Å²) in [6.07, 6.45) is 1.92. The van der Waals surface area contributed by atoms with Crippen LogP contribution in [0.15, 0.2) is 24.3 Å². The minimum Gasteiger partial charge on any atom is -0.497 e. The molecular formula is C16H23N3O3. The zero-order valence-electron chi connectivity index (χ0n) is 13.1. The van der Waals surface area contributed by atoms with Gasteiger partial charge in [-0.1, -0.05) is 12.1 Å². The molecule has 2 N–H and O–H groups in total. The molecule has 1 aromatic rings. The van der Waals surface area contributed by atoms with Crippen molar-refractivity contribution in [3.05, 3.63) is 29.8 Å². The van der Waals surface area contributed by atoms with Crippen LogP contribution in [0.2, 0.25) is 0 Å². The number of carbonyl (C=O) groups excluding carboxylic acids is 2. The van der Waals surface area contributed by atoms with E-state index in [9.17, 15) is 9.59 Å². The summed E-state index contributed by atoms with van der Waals surface area (Å²) < 4.78 is 5.26. The molecule has 1 unspecified atom stereocenters. The van der Waals surface area contributed by atoms with Gasteiger partial charge in [0.2, 0.25) is 11.8 Å². The summed E-state index contributed by atoms with van der Waals surface area (Å²) in [4.78, 5) is 26.9. The Morgan fingerprint density at radius 3 is 2.86 bits per heavy atom. The highest BCUT2D eigenvalue weighted by molar-refractivity contribution is 5.81. The number of nitrogens with two attached hydrogens (primary N) is 1. The highest BCUT2D eigenvalue weighted by atomic mass is 16.5. The predicted molar refractivity (Wildman–Crippen MR) is 83.4 cm³/mol. The number of likely N-dealkylation sites (N-methyl/N-ethyl adjacent to an activating group) is 1. The van der Waals surface area contributed by atoms with Crippen LogP contribution in [0.5, 0.6) is 5.75 Å². The third-order valence-electron chi connectivity index (χ3n) is 3.88. The lowest BCUT2D eigenvalue weighted by Crippen LogP contribution is -2.41. The first-order chi connectivity index (χ1) is 10.5. The lowest BCUT2D eigenvalue weighted by Gasteiger charge is -2.27. The summed E-state index contributed by atoms with van der Waals surface area (Å²) in [7, 11) is 3.36. The van der Waals surface area contributed by atoms with Crippen LogP contribution < -0.4 is 10.5 Å². The second-order valence-corrected chi connectivity index (χ2v) is 5.66. The van der Waals surface area contributed by atoms with Crippen LogP contribution in [-0.4, -0.2) is 55.4 Å². The molecule has 1 aliphatic heterocycles. The number of hydrogen-bond donors (Lipinski definition) is 1. The SMILES string of the molecule is COc1cccc(C2CCCN2C(=O)CN(C)CC(N)=O)c1. The van der Waals surface area contributed by atoms with Gasteiger partial charge in [-0.05, 0) is 37.6 Å². The van der Waals surface area contributed by atoms with E-state index in [1.807, 2.05) is 29.2 Å². The molecule has 1 aromatic carbocycles. The maximum atomic E-state index is 12.5. The average molecular weight is 305 g/mol. The van der Waals surface area contributed by atoms with Crippen molar-refractivity contribution in [2.45, 2.75) is 18.9 Å². The van der Waals surface area contributed by atoms with E-state index >= 15 is 0 Å². The summed E-state index contributed by atoms with van der Waals surface area (Å²) >= 11 is 0. The van der Waals surface area contributed by atoms with Crippen LogP contribution >= 0.6 is 0 Å². The first-order valence-corrected chi connectivity index (χ1v) is 7.41. The van der Waals surface area contributed by atoms with E-state index in [2.05, 4.69) is 0 Å². The van der Waals surface area contributed by atoms with Gasteiger partial charge in [-0.3, -0.25) is 14.5 Å². The van der Waals surface area contributed by atoms with E-state index in [1.165, 1.54) is 0 Å². The molecular weight excluding hydrogens is 282 g/mol. The van der Waals surface area contributed by atoms with Crippen LogP contribution in [0, 0.1) is 0 Å². The molecule has 0 radical (unpaired) electrons. The zero-order chi connectivity index (χ0) is 16.1. The van der Waals surface area contributed by atoms with Crippen molar-refractivity contribution >= 4 is 11.8 Å². The maximum absolute atomic E-state index is 12.5. The fraction of sp³-hybridized carbons (Fsp3) is 0.500. The van der Waals surface area contributed by atoms with Gasteiger partial charge in [0.15, 0.2) is 0 Å². The van der Waals surface area contributed by atoms with E-state index in [0.717, 1.165) is 30.7 Å². The fourth-order valence-electron chi connectivity index (χ4n) is 2.90. The Balaban J connectivity index is 2.06. The number of benzene rings is 1. The lowest BCUT2D eigenvalue weighted by molar-refractivity contribution is -0.133. The van der Waals surface area contributed by atoms with Crippen LogP contribution in [0.3, 0.4) is 0 Å². The second kappa shape index (κ2) is 7.26. The molecule has 0 bridgehead atoms. The highest BCUT2D eigenvalue weighted by Crippen LogP contribution is 2.33. The van der Waals surface area contributed by atoms with Gasteiger partial charge in [-0.15, -0.1) is 0 Å². The van der Waals surface area contributed by atoms with Gasteiger partial charge in [0.05, 0.1) is 26.2 Å². The molecule has 2 rings (SSSR count). The molecule has 2 amide bonds. The number of rotatable bonds is 6. The van der Waals surface area contributed by atoms with Crippen LogP contribution in [0.25, 0.3) is 0 Å². The third kappa shape index (κ3) is 3.98. The molecule has 0 aliphatic carbocycles. The molecule has 6 heteroatoms. The van der Waals surface area contributed by atoms with Crippen molar-refractivity contribution in [1.29, 1.82) is 0 Å². The number of likely N-dealkylation sites (tertiary alicyclic amines) is 1. The summed E-state index contributed by atoms with van der Waals surface area (Å²) in [6.45, 7) is 1.03. The Hall–Kier alpha value is -2.08. The minimum atomic E-state index is -0.430. The van der Waals surface area contributed by atoms with Gasteiger partial charge < -0.3 is 15.4 Å². The molecule has 1 fully saturated rings. The molecule has 1 heterocycles. The van der Waals surface area contributed by atoms with Gasteiger partial charge in [0.1, 0.15) is 5.75 Å². The highest BCUT2D eigenvalue weighted by Gasteiger charge is 2.30. The maximum Gasteiger partial charge on any atom is 0.237 e. The first-order valence-electron chi connectivity index (χ1n) is 7.41. The average Bonchev–Trinajstić information content (AvgIpc) is 2.95. The number of primary amides is 1. The first kappa shape index (κ1) is 16.3. The molecule has 1 atom stereocenters. The second-order valence-electron chi connectivity index (χ2n) is 5.66. The van der Waals surface area contributed by atoms with Crippen molar-refractivity contribution < 1.29 is 14.3 Å². The minimum absolute atomic E-state index is 0.0223. The van der Waals surface area contributed by atoms with E-state index in [4.69, 9.17) is 10.5 Å². The van der Waals surface area contributed by atoms with Crippen molar-refractivity contribution in [3.8, 4) is 5.75 Å². The fourth-order valence-corrected chi connectivity index (χ4v) is 2.90. The molecule has 0 aromatic heterocycles. The van der Waals surface area contributed by atoms with Crippen molar-refractivity contribution in [1.82, 2.24) is 9.80 Å². The molecule has 1 aliphatic rings. The largest absolute Gasteiger partial charge is 0.497 e. The van der Waals surface area contributed by atoms with Gasteiger partial charge in [-0.2, -0.15) is 0 Å². The third-order valence-corrected chi connectivity index (χ3v) is 3.88. The van der Waals surface area contributed by atoms with Crippen molar-refractivity contribution in [2.75, 3.05) is 33.8 Å². The number of carbonyl (C=O) groups is 2. The Morgan fingerprint density at radius 1 is 1.41 bits per heavy atom. The molecule has 1 saturated heterocycles. The van der Waals surface area contributed by atoms with Crippen molar-refractivity contribution in [3.63, 3.8) is 0 Å². The van der Waals surface area contributed by atoms with Gasteiger partial charge in [-0.25, -0.2) is 0 Å². The van der Waals surface area contributed by atoms with Crippen LogP contribution in [-0.2, 0) is 9.59 Å². The van der Waals surface area contributed by atoms with E-state index in [1.54, 1.807) is 19.1 Å². The number of amides is 2. The topological polar surface area (TPSA) is 75.9 Å².